The Hall–Kier alpha value is -0.440. The number of hydrogen-bond donors (Lipinski definition) is 8. The predicted octanol–water partition coefficient (Wildman–Crippen LogP) is -5.40. The van der Waals surface area contributed by atoms with Gasteiger partial charge in [0.1, 0.15) is 48.8 Å². The fourth-order valence-corrected chi connectivity index (χ4v) is 2.57. The van der Waals surface area contributed by atoms with E-state index in [0.29, 0.717) is 0 Å². The Balaban J connectivity index is 2.11. The summed E-state index contributed by atoms with van der Waals surface area (Å²) >= 11 is 0. The first-order chi connectivity index (χ1) is 10.8. The van der Waals surface area contributed by atoms with E-state index in [2.05, 4.69) is 0 Å². The minimum absolute atomic E-state index is 0.667. The standard InChI is InChI=1S/C12H22O11/c13-1-3-5(15)6(16)9(19)12(22-3)23-10-4(2-14)21-11(20)8(18)7(10)17/h3-20H,1-2H2/t3?,4?,5-,6?,7?,8?,9?,10+,11+,12+/m1/s1. The Kier molecular flexibility index (Phi) is 6.27. The molecule has 23 heavy (non-hydrogen) atoms. The van der Waals surface area contributed by atoms with Gasteiger partial charge in [0.15, 0.2) is 12.6 Å². The van der Waals surface area contributed by atoms with Crippen LogP contribution < -0.4 is 0 Å². The van der Waals surface area contributed by atoms with Gasteiger partial charge in [-0.3, -0.25) is 0 Å². The fraction of sp³-hybridized carbons (Fsp3) is 1.00. The van der Waals surface area contributed by atoms with E-state index >= 15 is 0 Å². The van der Waals surface area contributed by atoms with Gasteiger partial charge in [-0.25, -0.2) is 0 Å². The van der Waals surface area contributed by atoms with Crippen LogP contribution in [0.25, 0.3) is 0 Å². The summed E-state index contributed by atoms with van der Waals surface area (Å²) < 4.78 is 15.3. The topological polar surface area (TPSA) is 190 Å². The molecule has 136 valence electrons. The number of aliphatic hydroxyl groups is 8. The maximum absolute atomic E-state index is 9.94. The highest BCUT2D eigenvalue weighted by Gasteiger charge is 2.50. The van der Waals surface area contributed by atoms with Crippen molar-refractivity contribution in [2.45, 2.75) is 61.4 Å². The van der Waals surface area contributed by atoms with Crippen molar-refractivity contribution in [3.63, 3.8) is 0 Å². The van der Waals surface area contributed by atoms with Crippen molar-refractivity contribution in [1.29, 1.82) is 0 Å². The molecule has 2 heterocycles. The van der Waals surface area contributed by atoms with Crippen LogP contribution in [0.15, 0.2) is 0 Å². The molecule has 0 saturated carbocycles. The Labute approximate surface area is 130 Å². The second-order valence-corrected chi connectivity index (χ2v) is 5.53. The quantitative estimate of drug-likeness (QED) is 0.243. The number of hydrogen-bond acceptors (Lipinski definition) is 11. The van der Waals surface area contributed by atoms with Crippen molar-refractivity contribution in [3.05, 3.63) is 0 Å². The molecule has 0 aromatic carbocycles. The molecule has 2 aliphatic heterocycles. The maximum Gasteiger partial charge on any atom is 0.187 e. The molecule has 11 heteroatoms. The molecule has 2 saturated heterocycles. The summed E-state index contributed by atoms with van der Waals surface area (Å²) in [7, 11) is 0. The molecule has 2 aliphatic rings. The molecule has 6 unspecified atom stereocenters. The van der Waals surface area contributed by atoms with Crippen molar-refractivity contribution >= 4 is 0 Å². The average Bonchev–Trinajstić information content (AvgIpc) is 2.55. The average molecular weight is 342 g/mol. The normalized spacial score (nSPS) is 51.7. The molecule has 0 aromatic rings. The second-order valence-electron chi connectivity index (χ2n) is 5.53. The Morgan fingerprint density at radius 1 is 0.652 bits per heavy atom. The summed E-state index contributed by atoms with van der Waals surface area (Å²) in [5, 5.41) is 76.5. The van der Waals surface area contributed by atoms with E-state index in [1.807, 2.05) is 0 Å². The van der Waals surface area contributed by atoms with Gasteiger partial charge in [0.05, 0.1) is 13.2 Å². The van der Waals surface area contributed by atoms with Gasteiger partial charge >= 0.3 is 0 Å². The van der Waals surface area contributed by atoms with E-state index in [1.54, 1.807) is 0 Å². The van der Waals surface area contributed by atoms with Gasteiger partial charge in [-0.2, -0.15) is 0 Å². The van der Waals surface area contributed by atoms with Crippen LogP contribution >= 0.6 is 0 Å². The molecular formula is C12H22O11. The minimum atomic E-state index is -1.74. The van der Waals surface area contributed by atoms with E-state index in [0.717, 1.165) is 0 Å². The van der Waals surface area contributed by atoms with Crippen molar-refractivity contribution in [3.8, 4) is 0 Å². The summed E-state index contributed by atoms with van der Waals surface area (Å²) in [6.07, 6.45) is -15.6. The van der Waals surface area contributed by atoms with Crippen LogP contribution in [0.1, 0.15) is 0 Å². The van der Waals surface area contributed by atoms with Crippen LogP contribution in [0.5, 0.6) is 0 Å². The maximum atomic E-state index is 9.94. The van der Waals surface area contributed by atoms with Crippen LogP contribution in [-0.4, -0.2) is 115 Å². The molecule has 8 N–H and O–H groups in total. The molecule has 0 radical (unpaired) electrons. The van der Waals surface area contributed by atoms with Gasteiger partial charge in [0.25, 0.3) is 0 Å². The lowest BCUT2D eigenvalue weighted by Gasteiger charge is -2.45. The summed E-state index contributed by atoms with van der Waals surface area (Å²) in [6.45, 7) is -1.35. The van der Waals surface area contributed by atoms with Gasteiger partial charge in [-0.1, -0.05) is 0 Å². The van der Waals surface area contributed by atoms with Gasteiger partial charge < -0.3 is 55.1 Å². The number of rotatable bonds is 4. The largest absolute Gasteiger partial charge is 0.394 e. The third kappa shape index (κ3) is 3.65. The van der Waals surface area contributed by atoms with Crippen LogP contribution in [0.3, 0.4) is 0 Å². The molecule has 11 nitrogen and oxygen atoms in total. The molecule has 2 rings (SSSR count). The molecule has 10 atom stereocenters. The number of aliphatic hydroxyl groups excluding tert-OH is 8. The summed E-state index contributed by atoms with van der Waals surface area (Å²) in [6, 6.07) is 0. The third-order valence-corrected chi connectivity index (χ3v) is 3.98. The molecule has 0 bridgehead atoms. The number of ether oxygens (including phenoxy) is 3. The smallest absolute Gasteiger partial charge is 0.187 e. The van der Waals surface area contributed by atoms with Crippen LogP contribution in [0.2, 0.25) is 0 Å². The molecule has 0 aliphatic carbocycles. The summed E-state index contributed by atoms with van der Waals surface area (Å²) in [5.74, 6) is 0. The van der Waals surface area contributed by atoms with E-state index in [4.69, 9.17) is 19.3 Å². The van der Waals surface area contributed by atoms with Crippen molar-refractivity contribution in [2.24, 2.45) is 0 Å². The molecule has 0 spiro atoms. The highest BCUT2D eigenvalue weighted by atomic mass is 16.7. The zero-order valence-corrected chi connectivity index (χ0v) is 12.0. The lowest BCUT2D eigenvalue weighted by atomic mass is 9.97. The van der Waals surface area contributed by atoms with Crippen LogP contribution in [0.4, 0.5) is 0 Å². The Morgan fingerprint density at radius 3 is 1.83 bits per heavy atom. The van der Waals surface area contributed by atoms with Gasteiger partial charge in [-0.05, 0) is 0 Å². The highest BCUT2D eigenvalue weighted by molar-refractivity contribution is 4.93. The van der Waals surface area contributed by atoms with Crippen LogP contribution in [-0.2, 0) is 14.2 Å². The lowest BCUT2D eigenvalue weighted by molar-refractivity contribution is -0.355. The highest BCUT2D eigenvalue weighted by Crippen LogP contribution is 2.28. The van der Waals surface area contributed by atoms with Crippen molar-refractivity contribution in [1.82, 2.24) is 0 Å². The summed E-state index contributed by atoms with van der Waals surface area (Å²) in [5.41, 5.74) is 0. The molecule has 0 amide bonds. The summed E-state index contributed by atoms with van der Waals surface area (Å²) in [4.78, 5) is 0. The second kappa shape index (κ2) is 7.63. The van der Waals surface area contributed by atoms with E-state index in [9.17, 15) is 35.7 Å². The van der Waals surface area contributed by atoms with Gasteiger partial charge in [0.2, 0.25) is 0 Å². The fourth-order valence-electron chi connectivity index (χ4n) is 2.57. The van der Waals surface area contributed by atoms with E-state index in [-0.39, 0.29) is 0 Å². The lowest BCUT2D eigenvalue weighted by Crippen LogP contribution is -2.64. The Bertz CT molecular complexity index is 378. The minimum Gasteiger partial charge on any atom is -0.394 e. The van der Waals surface area contributed by atoms with E-state index < -0.39 is 74.6 Å². The first kappa shape index (κ1) is 18.9. The van der Waals surface area contributed by atoms with Crippen molar-refractivity contribution in [2.75, 3.05) is 13.2 Å². The molecular weight excluding hydrogens is 320 g/mol. The third-order valence-electron chi connectivity index (χ3n) is 3.98. The van der Waals surface area contributed by atoms with Crippen molar-refractivity contribution < 1.29 is 55.1 Å². The predicted molar refractivity (Wildman–Crippen MR) is 68.6 cm³/mol. The van der Waals surface area contributed by atoms with Gasteiger partial charge in [0, 0.05) is 0 Å². The first-order valence-electron chi connectivity index (χ1n) is 7.08. The zero-order chi connectivity index (χ0) is 17.3. The Morgan fingerprint density at radius 2 is 1.26 bits per heavy atom. The van der Waals surface area contributed by atoms with Gasteiger partial charge in [-0.15, -0.1) is 0 Å². The van der Waals surface area contributed by atoms with E-state index in [1.165, 1.54) is 0 Å². The monoisotopic (exact) mass is 342 g/mol. The molecule has 2 fully saturated rings. The SMILES string of the molecule is OCC1O[C@@H](O[C@H]2C(CO)O[C@H](O)C(O)C2O)C(O)C(O)[C@@H]1O. The first-order valence-corrected chi connectivity index (χ1v) is 7.08. The zero-order valence-electron chi connectivity index (χ0n) is 12.0. The molecule has 0 aromatic heterocycles. The van der Waals surface area contributed by atoms with Crippen LogP contribution in [0, 0.1) is 0 Å².